The van der Waals surface area contributed by atoms with E-state index in [0.717, 1.165) is 24.0 Å². The molecule has 0 saturated heterocycles. The first-order valence-electron chi connectivity index (χ1n) is 15.6. The largest absolute Gasteiger partial charge is 0.493 e. The molecule has 1 unspecified atom stereocenters. The smallest absolute Gasteiger partial charge is 0.407 e. The van der Waals surface area contributed by atoms with E-state index in [4.69, 9.17) is 23.7 Å². The number of esters is 2. The van der Waals surface area contributed by atoms with Gasteiger partial charge in [-0.05, 0) is 76.0 Å². The maximum atomic E-state index is 13.9. The Morgan fingerprint density at radius 2 is 1.89 bits per heavy atom. The van der Waals surface area contributed by atoms with Crippen LogP contribution in [0.2, 0.25) is 0 Å². The van der Waals surface area contributed by atoms with Crippen molar-refractivity contribution in [1.82, 2.24) is 5.32 Å². The van der Waals surface area contributed by atoms with E-state index in [1.807, 2.05) is 6.07 Å². The van der Waals surface area contributed by atoms with E-state index < -0.39 is 46.9 Å². The lowest BCUT2D eigenvalue weighted by Gasteiger charge is -2.61. The summed E-state index contributed by atoms with van der Waals surface area (Å²) >= 11 is 0. The summed E-state index contributed by atoms with van der Waals surface area (Å²) in [5.74, 6) is 0.281. The maximum Gasteiger partial charge on any atom is 0.407 e. The third-order valence-corrected chi connectivity index (χ3v) is 9.72. The number of carbonyl (C=O) groups is 3. The Balaban J connectivity index is 1.25. The minimum Gasteiger partial charge on any atom is -0.493 e. The molecule has 1 spiro atoms. The SMILES string of the molecule is COc1ccc2c3c1O[C@H]1C(OC(=O)[C@H](OC(=O)CCNC(=O)OC(C)(C)C)c4ccccc4)=CC[C@@]4(O)[C@@H](C2)C(C)CC[C@]314. The number of methoxy groups -OCH3 is 1. The molecule has 3 aliphatic carbocycles. The number of rotatable bonds is 8. The lowest BCUT2D eigenvalue weighted by Crippen LogP contribution is -2.69. The summed E-state index contributed by atoms with van der Waals surface area (Å²) in [5, 5.41) is 15.0. The molecule has 2 aromatic rings. The molecule has 45 heavy (non-hydrogen) atoms. The number of aliphatic hydroxyl groups is 1. The Morgan fingerprint density at radius 3 is 2.60 bits per heavy atom. The second kappa shape index (κ2) is 11.4. The van der Waals surface area contributed by atoms with Crippen LogP contribution >= 0.6 is 0 Å². The lowest BCUT2D eigenvalue weighted by atomic mass is 9.45. The maximum absolute atomic E-state index is 13.9. The van der Waals surface area contributed by atoms with Gasteiger partial charge in [0, 0.05) is 17.7 Å². The highest BCUT2D eigenvalue weighted by Gasteiger charge is 2.72. The van der Waals surface area contributed by atoms with Crippen LogP contribution < -0.4 is 14.8 Å². The van der Waals surface area contributed by atoms with Crippen molar-refractivity contribution in [2.24, 2.45) is 11.8 Å². The van der Waals surface area contributed by atoms with Crippen molar-refractivity contribution in [1.29, 1.82) is 0 Å². The van der Waals surface area contributed by atoms with Crippen LogP contribution in [0.25, 0.3) is 0 Å². The highest BCUT2D eigenvalue weighted by atomic mass is 16.6. The van der Waals surface area contributed by atoms with Gasteiger partial charge in [0.15, 0.2) is 17.6 Å². The van der Waals surface area contributed by atoms with Crippen molar-refractivity contribution in [2.75, 3.05) is 13.7 Å². The van der Waals surface area contributed by atoms with Crippen LogP contribution in [0.15, 0.2) is 54.3 Å². The third-order valence-electron chi connectivity index (χ3n) is 9.72. The molecule has 10 nitrogen and oxygen atoms in total. The quantitative estimate of drug-likeness (QED) is 0.308. The number of carbonyl (C=O) groups excluding carboxylic acids is 3. The van der Waals surface area contributed by atoms with Crippen molar-refractivity contribution in [3.05, 3.63) is 71.0 Å². The van der Waals surface area contributed by atoms with Crippen molar-refractivity contribution in [2.45, 2.75) is 88.6 Å². The highest BCUT2D eigenvalue weighted by molar-refractivity contribution is 5.82. The van der Waals surface area contributed by atoms with Gasteiger partial charge in [-0.2, -0.15) is 0 Å². The van der Waals surface area contributed by atoms with Crippen molar-refractivity contribution in [3.63, 3.8) is 0 Å². The molecular formula is C35H41NO9. The lowest BCUT2D eigenvalue weighted by molar-refractivity contribution is -0.177. The first kappa shape index (κ1) is 31.0. The molecule has 0 radical (unpaired) electrons. The second-order valence-corrected chi connectivity index (χ2v) is 13.5. The van der Waals surface area contributed by atoms with Gasteiger partial charge in [0.2, 0.25) is 6.10 Å². The number of amides is 1. The van der Waals surface area contributed by atoms with Gasteiger partial charge in [-0.15, -0.1) is 0 Å². The summed E-state index contributed by atoms with van der Waals surface area (Å²) in [4.78, 5) is 38.7. The molecule has 0 aromatic heterocycles. The van der Waals surface area contributed by atoms with Crippen LogP contribution in [0, 0.1) is 11.8 Å². The van der Waals surface area contributed by atoms with Crippen LogP contribution in [-0.2, 0) is 35.6 Å². The summed E-state index contributed by atoms with van der Waals surface area (Å²) in [5.41, 5.74) is -0.0614. The van der Waals surface area contributed by atoms with E-state index in [1.54, 1.807) is 64.3 Å². The van der Waals surface area contributed by atoms with E-state index in [1.165, 1.54) is 0 Å². The minimum atomic E-state index is -1.36. The van der Waals surface area contributed by atoms with Gasteiger partial charge in [-0.25, -0.2) is 9.59 Å². The van der Waals surface area contributed by atoms with Crippen LogP contribution in [0.3, 0.4) is 0 Å². The van der Waals surface area contributed by atoms with Crippen molar-refractivity contribution in [3.8, 4) is 11.5 Å². The average molecular weight is 620 g/mol. The van der Waals surface area contributed by atoms with Gasteiger partial charge < -0.3 is 34.1 Å². The molecule has 1 amide bonds. The van der Waals surface area contributed by atoms with Crippen LogP contribution in [0.4, 0.5) is 4.79 Å². The van der Waals surface area contributed by atoms with Crippen molar-refractivity contribution < 1.29 is 43.2 Å². The van der Waals surface area contributed by atoms with Gasteiger partial charge in [0.25, 0.3) is 0 Å². The van der Waals surface area contributed by atoms with Crippen molar-refractivity contribution >= 4 is 18.0 Å². The predicted molar refractivity (Wildman–Crippen MR) is 163 cm³/mol. The number of alkyl carbamates (subject to hydrolysis) is 1. The van der Waals surface area contributed by atoms with Gasteiger partial charge in [0.1, 0.15) is 11.4 Å². The molecule has 240 valence electrons. The summed E-state index contributed by atoms with van der Waals surface area (Å²) in [6, 6.07) is 12.6. The molecular weight excluding hydrogens is 578 g/mol. The molecule has 1 fully saturated rings. The van der Waals surface area contributed by atoms with Gasteiger partial charge in [0.05, 0.1) is 24.5 Å². The van der Waals surface area contributed by atoms with Crippen LogP contribution in [0.1, 0.15) is 76.2 Å². The number of nitrogens with one attached hydrogen (secondary N) is 1. The van der Waals surface area contributed by atoms with Gasteiger partial charge >= 0.3 is 18.0 Å². The summed E-state index contributed by atoms with van der Waals surface area (Å²) in [6.45, 7) is 7.38. The zero-order valence-corrected chi connectivity index (χ0v) is 26.4. The number of ether oxygens (including phenoxy) is 5. The Labute approximate surface area is 263 Å². The first-order valence-corrected chi connectivity index (χ1v) is 15.6. The van der Waals surface area contributed by atoms with E-state index in [0.29, 0.717) is 35.8 Å². The molecule has 6 rings (SSSR count). The minimum absolute atomic E-state index is 0.0185. The Bertz CT molecular complexity index is 1530. The fraction of sp³-hybridized carbons (Fsp3) is 0.514. The molecule has 1 heterocycles. The Hall–Kier alpha value is -4.05. The molecule has 6 atom stereocenters. The number of benzene rings is 2. The third kappa shape index (κ3) is 5.22. The molecule has 10 heteroatoms. The van der Waals surface area contributed by atoms with Gasteiger partial charge in [-0.3, -0.25) is 4.79 Å². The Morgan fingerprint density at radius 1 is 1.13 bits per heavy atom. The summed E-state index contributed by atoms with van der Waals surface area (Å²) in [6.07, 6.45) is 1.39. The molecule has 1 saturated carbocycles. The van der Waals surface area contributed by atoms with E-state index >= 15 is 0 Å². The average Bonchev–Trinajstić information content (AvgIpc) is 3.34. The van der Waals surface area contributed by atoms with Crippen LogP contribution in [-0.4, -0.2) is 54.1 Å². The normalized spacial score (nSPS) is 28.0. The fourth-order valence-corrected chi connectivity index (χ4v) is 7.79. The second-order valence-electron chi connectivity index (χ2n) is 13.5. The summed E-state index contributed by atoms with van der Waals surface area (Å²) in [7, 11) is 1.58. The van der Waals surface area contributed by atoms with Crippen LogP contribution in [0.5, 0.6) is 11.5 Å². The van der Waals surface area contributed by atoms with E-state index in [2.05, 4.69) is 18.3 Å². The Kier molecular flexibility index (Phi) is 7.83. The van der Waals surface area contributed by atoms with Gasteiger partial charge in [-0.1, -0.05) is 43.3 Å². The number of hydrogen-bond donors (Lipinski definition) is 2. The van der Waals surface area contributed by atoms with E-state index in [-0.39, 0.29) is 24.6 Å². The predicted octanol–water partition coefficient (Wildman–Crippen LogP) is 5.06. The van der Waals surface area contributed by atoms with E-state index in [9.17, 15) is 19.5 Å². The molecule has 2 bridgehead atoms. The first-order chi connectivity index (χ1) is 21.4. The highest BCUT2D eigenvalue weighted by Crippen LogP contribution is 2.68. The molecule has 4 aliphatic rings. The zero-order chi connectivity index (χ0) is 32.1. The molecule has 1 aliphatic heterocycles. The topological polar surface area (TPSA) is 130 Å². The molecule has 2 aromatic carbocycles. The monoisotopic (exact) mass is 619 g/mol. The number of hydrogen-bond acceptors (Lipinski definition) is 9. The fourth-order valence-electron chi connectivity index (χ4n) is 7.79. The molecule has 2 N–H and O–H groups in total. The standard InChI is InChI=1S/C35H41NO9/c1-20-13-16-34-27-22-11-12-24(41-5)29(27)44-30(34)25(14-17-35(34,40)23(20)19-22)42-31(38)28(21-9-7-6-8-10-21)43-26(37)15-18-36-32(39)45-33(2,3)4/h6-12,14,20,23,28,30,40H,13,15-19H2,1-5H3,(H,36,39)/t20?,23-,28+,30-,34-,35+/m0/s1. The summed E-state index contributed by atoms with van der Waals surface area (Å²) < 4.78 is 29.2. The zero-order valence-electron chi connectivity index (χ0n) is 26.4.